The molecule has 114 valence electrons. The van der Waals surface area contributed by atoms with Crippen molar-refractivity contribution in [1.29, 1.82) is 0 Å². The molecule has 0 N–H and O–H groups in total. The highest BCUT2D eigenvalue weighted by molar-refractivity contribution is 7.89. The SMILES string of the molecule is CCn1nccc1S(=O)(=O)N1CC[C@@H](c2nc(C)no2)C1. The molecule has 1 atom stereocenters. The summed E-state index contributed by atoms with van der Waals surface area (Å²) >= 11 is 0. The van der Waals surface area contributed by atoms with Crippen molar-refractivity contribution in [2.75, 3.05) is 13.1 Å². The zero-order valence-corrected chi connectivity index (χ0v) is 12.7. The Balaban J connectivity index is 1.82. The van der Waals surface area contributed by atoms with Gasteiger partial charge >= 0.3 is 0 Å². The normalized spacial score (nSPS) is 20.2. The molecular weight excluding hydrogens is 294 g/mol. The van der Waals surface area contributed by atoms with Crippen LogP contribution >= 0.6 is 0 Å². The molecule has 2 aromatic heterocycles. The van der Waals surface area contributed by atoms with Gasteiger partial charge < -0.3 is 4.52 Å². The van der Waals surface area contributed by atoms with E-state index in [4.69, 9.17) is 4.52 Å². The van der Waals surface area contributed by atoms with Crippen molar-refractivity contribution in [3.05, 3.63) is 24.0 Å². The van der Waals surface area contributed by atoms with E-state index < -0.39 is 10.0 Å². The maximum Gasteiger partial charge on any atom is 0.260 e. The first-order valence-electron chi connectivity index (χ1n) is 6.84. The molecule has 9 heteroatoms. The average molecular weight is 311 g/mol. The second kappa shape index (κ2) is 5.23. The van der Waals surface area contributed by atoms with Gasteiger partial charge in [-0.1, -0.05) is 5.16 Å². The summed E-state index contributed by atoms with van der Waals surface area (Å²) in [5, 5.41) is 8.01. The third kappa shape index (κ3) is 2.46. The van der Waals surface area contributed by atoms with Crippen molar-refractivity contribution in [3.8, 4) is 0 Å². The molecule has 0 aliphatic carbocycles. The van der Waals surface area contributed by atoms with Crippen molar-refractivity contribution in [2.24, 2.45) is 0 Å². The summed E-state index contributed by atoms with van der Waals surface area (Å²) in [4.78, 5) is 4.19. The predicted octanol–water partition coefficient (Wildman–Crippen LogP) is 0.773. The van der Waals surface area contributed by atoms with Gasteiger partial charge in [0.15, 0.2) is 10.9 Å². The number of hydrogen-bond donors (Lipinski definition) is 0. The van der Waals surface area contributed by atoms with Gasteiger partial charge in [0.1, 0.15) is 0 Å². The molecule has 2 aromatic rings. The highest BCUT2D eigenvalue weighted by Crippen LogP contribution is 2.30. The van der Waals surface area contributed by atoms with Crippen molar-refractivity contribution < 1.29 is 12.9 Å². The Kier molecular flexibility index (Phi) is 3.54. The van der Waals surface area contributed by atoms with Crippen LogP contribution in [0.3, 0.4) is 0 Å². The van der Waals surface area contributed by atoms with E-state index in [0.29, 0.717) is 37.8 Å². The fourth-order valence-electron chi connectivity index (χ4n) is 2.54. The minimum absolute atomic E-state index is 0.0426. The molecule has 3 rings (SSSR count). The van der Waals surface area contributed by atoms with E-state index in [1.807, 2.05) is 6.92 Å². The zero-order valence-electron chi connectivity index (χ0n) is 11.9. The van der Waals surface area contributed by atoms with Crippen LogP contribution in [0.1, 0.15) is 31.0 Å². The lowest BCUT2D eigenvalue weighted by Gasteiger charge is -2.16. The smallest absolute Gasteiger partial charge is 0.260 e. The van der Waals surface area contributed by atoms with E-state index in [0.717, 1.165) is 0 Å². The Hall–Kier alpha value is -1.74. The summed E-state index contributed by atoms with van der Waals surface area (Å²) < 4.78 is 33.4. The Morgan fingerprint density at radius 1 is 1.48 bits per heavy atom. The van der Waals surface area contributed by atoms with Crippen LogP contribution in [0.25, 0.3) is 0 Å². The van der Waals surface area contributed by atoms with Gasteiger partial charge in [-0.25, -0.2) is 8.42 Å². The van der Waals surface area contributed by atoms with Crippen LogP contribution in [0.15, 0.2) is 21.8 Å². The van der Waals surface area contributed by atoms with E-state index in [-0.39, 0.29) is 10.9 Å². The average Bonchev–Trinajstić information content (AvgIpc) is 3.18. The third-order valence-corrected chi connectivity index (χ3v) is 5.51. The van der Waals surface area contributed by atoms with Gasteiger partial charge in [-0.2, -0.15) is 14.4 Å². The molecule has 0 aromatic carbocycles. The number of nitrogens with zero attached hydrogens (tertiary/aromatic N) is 5. The third-order valence-electron chi connectivity index (χ3n) is 3.62. The Bertz CT molecular complexity index is 736. The first-order valence-corrected chi connectivity index (χ1v) is 8.28. The summed E-state index contributed by atoms with van der Waals surface area (Å²) in [7, 11) is -3.53. The second-order valence-electron chi connectivity index (χ2n) is 5.01. The maximum atomic E-state index is 12.7. The van der Waals surface area contributed by atoms with E-state index in [1.54, 1.807) is 6.92 Å². The first kappa shape index (κ1) is 14.2. The van der Waals surface area contributed by atoms with Crippen LogP contribution in [0, 0.1) is 6.92 Å². The summed E-state index contributed by atoms with van der Waals surface area (Å²) in [6.45, 7) is 4.93. The standard InChI is InChI=1S/C12H17N5O3S/c1-3-17-11(4-6-13-17)21(18,19)16-7-5-10(8-16)12-14-9(2)15-20-12/h4,6,10H,3,5,7-8H2,1-2H3/t10-/m1/s1. The van der Waals surface area contributed by atoms with Crippen LogP contribution in [-0.4, -0.2) is 45.7 Å². The van der Waals surface area contributed by atoms with E-state index in [1.165, 1.54) is 21.3 Å². The van der Waals surface area contributed by atoms with Gasteiger partial charge in [-0.15, -0.1) is 0 Å². The number of aryl methyl sites for hydroxylation is 2. The van der Waals surface area contributed by atoms with Gasteiger partial charge in [0.2, 0.25) is 5.89 Å². The van der Waals surface area contributed by atoms with E-state index in [2.05, 4.69) is 15.2 Å². The van der Waals surface area contributed by atoms with E-state index >= 15 is 0 Å². The Morgan fingerprint density at radius 3 is 2.95 bits per heavy atom. The molecule has 0 spiro atoms. The topological polar surface area (TPSA) is 94.1 Å². The number of rotatable bonds is 4. The van der Waals surface area contributed by atoms with Gasteiger partial charge in [0, 0.05) is 19.6 Å². The van der Waals surface area contributed by atoms with Gasteiger partial charge in [0.25, 0.3) is 10.0 Å². The van der Waals surface area contributed by atoms with Crippen LogP contribution in [0.4, 0.5) is 0 Å². The highest BCUT2D eigenvalue weighted by Gasteiger charge is 2.37. The fourth-order valence-corrected chi connectivity index (χ4v) is 4.20. The molecule has 8 nitrogen and oxygen atoms in total. The summed E-state index contributed by atoms with van der Waals surface area (Å²) in [6, 6.07) is 1.53. The summed E-state index contributed by atoms with van der Waals surface area (Å²) in [6.07, 6.45) is 2.19. The lowest BCUT2D eigenvalue weighted by atomic mass is 10.1. The minimum atomic E-state index is -3.53. The summed E-state index contributed by atoms with van der Waals surface area (Å²) in [5.41, 5.74) is 0. The number of aromatic nitrogens is 4. The van der Waals surface area contributed by atoms with Gasteiger partial charge in [-0.3, -0.25) is 4.68 Å². The quantitative estimate of drug-likeness (QED) is 0.828. The van der Waals surface area contributed by atoms with Crippen LogP contribution < -0.4 is 0 Å². The van der Waals surface area contributed by atoms with Crippen molar-refractivity contribution in [3.63, 3.8) is 0 Å². The molecule has 1 fully saturated rings. The molecule has 21 heavy (non-hydrogen) atoms. The molecule has 3 heterocycles. The minimum Gasteiger partial charge on any atom is -0.339 e. The maximum absolute atomic E-state index is 12.7. The largest absolute Gasteiger partial charge is 0.339 e. The van der Waals surface area contributed by atoms with Crippen LogP contribution in [0.5, 0.6) is 0 Å². The molecule has 0 amide bonds. The van der Waals surface area contributed by atoms with Crippen molar-refractivity contribution >= 4 is 10.0 Å². The first-order chi connectivity index (χ1) is 10.0. The second-order valence-corrected chi connectivity index (χ2v) is 6.90. The molecular formula is C12H17N5O3S. The highest BCUT2D eigenvalue weighted by atomic mass is 32.2. The molecule has 1 aliphatic rings. The van der Waals surface area contributed by atoms with Crippen LogP contribution in [-0.2, 0) is 16.6 Å². The molecule has 1 saturated heterocycles. The molecule has 1 aliphatic heterocycles. The lowest BCUT2D eigenvalue weighted by Crippen LogP contribution is -2.30. The van der Waals surface area contributed by atoms with Gasteiger partial charge in [0.05, 0.1) is 12.1 Å². The Morgan fingerprint density at radius 2 is 2.29 bits per heavy atom. The van der Waals surface area contributed by atoms with Crippen molar-refractivity contribution in [2.45, 2.75) is 37.8 Å². The lowest BCUT2D eigenvalue weighted by molar-refractivity contribution is 0.351. The van der Waals surface area contributed by atoms with Crippen LogP contribution in [0.2, 0.25) is 0 Å². The number of sulfonamides is 1. The number of hydrogen-bond acceptors (Lipinski definition) is 6. The van der Waals surface area contributed by atoms with Gasteiger partial charge in [-0.05, 0) is 26.3 Å². The molecule has 0 unspecified atom stereocenters. The fraction of sp³-hybridized carbons (Fsp3) is 0.583. The predicted molar refractivity (Wildman–Crippen MR) is 73.1 cm³/mol. The molecule has 0 saturated carbocycles. The monoisotopic (exact) mass is 311 g/mol. The van der Waals surface area contributed by atoms with Crippen molar-refractivity contribution in [1.82, 2.24) is 24.2 Å². The summed E-state index contributed by atoms with van der Waals surface area (Å²) in [5.74, 6) is 1.03. The van der Waals surface area contributed by atoms with E-state index in [9.17, 15) is 8.42 Å². The molecule has 0 bridgehead atoms. The Labute approximate surface area is 122 Å². The molecule has 0 radical (unpaired) electrons. The zero-order chi connectivity index (χ0) is 15.0.